The topological polar surface area (TPSA) is 46.6 Å². The van der Waals surface area contributed by atoms with E-state index in [-0.39, 0.29) is 0 Å². The molecule has 1 aromatic carbocycles. The molecular weight excluding hydrogens is 290 g/mol. The Balaban J connectivity index is 1.34. The number of nitrogens with one attached hydrogen (secondary N) is 1. The molecule has 0 spiro atoms. The molecule has 120 valence electrons. The van der Waals surface area contributed by atoms with Crippen LogP contribution in [0.3, 0.4) is 0 Å². The molecule has 23 heavy (non-hydrogen) atoms. The van der Waals surface area contributed by atoms with Gasteiger partial charge in [0.05, 0.1) is 0 Å². The van der Waals surface area contributed by atoms with Gasteiger partial charge in [0.2, 0.25) is 6.79 Å². The molecule has 0 aliphatic carbocycles. The zero-order valence-corrected chi connectivity index (χ0v) is 13.1. The highest BCUT2D eigenvalue weighted by Gasteiger charge is 2.16. The fourth-order valence-electron chi connectivity index (χ4n) is 3.13. The lowest BCUT2D eigenvalue weighted by atomic mass is 10.2. The van der Waals surface area contributed by atoms with Crippen LogP contribution in [0.25, 0.3) is 0 Å². The third-order valence-electron chi connectivity index (χ3n) is 4.36. The van der Waals surface area contributed by atoms with Crippen molar-refractivity contribution in [2.75, 3.05) is 24.8 Å². The van der Waals surface area contributed by atoms with E-state index >= 15 is 0 Å². The first kappa shape index (κ1) is 14.3. The number of anilines is 1. The lowest BCUT2D eigenvalue weighted by molar-refractivity contribution is 0.173. The Kier molecular flexibility index (Phi) is 4.03. The number of rotatable bonds is 5. The number of fused-ring (bicyclic) bond motifs is 1. The summed E-state index contributed by atoms with van der Waals surface area (Å²) in [5.41, 5.74) is 2.32. The summed E-state index contributed by atoms with van der Waals surface area (Å²) >= 11 is 0. The minimum absolute atomic E-state index is 0.314. The summed E-state index contributed by atoms with van der Waals surface area (Å²) in [6, 6.07) is 10.3. The molecule has 1 saturated heterocycles. The second kappa shape index (κ2) is 6.46. The lowest BCUT2D eigenvalue weighted by Gasteiger charge is -2.16. The molecule has 2 aliphatic rings. The Morgan fingerprint density at radius 2 is 1.96 bits per heavy atom. The minimum Gasteiger partial charge on any atom is -0.454 e. The van der Waals surface area contributed by atoms with E-state index in [0.717, 1.165) is 49.1 Å². The van der Waals surface area contributed by atoms with Crippen LogP contribution in [0.5, 0.6) is 11.5 Å². The van der Waals surface area contributed by atoms with Gasteiger partial charge in [0.1, 0.15) is 5.82 Å². The highest BCUT2D eigenvalue weighted by Crippen LogP contribution is 2.35. The van der Waals surface area contributed by atoms with Crippen molar-refractivity contribution >= 4 is 5.82 Å². The van der Waals surface area contributed by atoms with E-state index in [1.165, 1.54) is 18.4 Å². The number of para-hydroxylation sites is 1. The quantitative estimate of drug-likeness (QED) is 0.920. The fourth-order valence-corrected chi connectivity index (χ4v) is 3.13. The third-order valence-corrected chi connectivity index (χ3v) is 4.36. The van der Waals surface area contributed by atoms with Crippen molar-refractivity contribution in [2.45, 2.75) is 25.9 Å². The summed E-state index contributed by atoms with van der Waals surface area (Å²) < 4.78 is 10.9. The van der Waals surface area contributed by atoms with Crippen molar-refractivity contribution in [1.29, 1.82) is 0 Å². The van der Waals surface area contributed by atoms with E-state index in [0.29, 0.717) is 6.79 Å². The summed E-state index contributed by atoms with van der Waals surface area (Å²) in [5, 5.41) is 3.45. The highest BCUT2D eigenvalue weighted by molar-refractivity contribution is 5.48. The van der Waals surface area contributed by atoms with Crippen molar-refractivity contribution in [2.24, 2.45) is 0 Å². The normalized spacial score (nSPS) is 16.1. The predicted octanol–water partition coefficient (Wildman–Crippen LogP) is 2.70. The zero-order chi connectivity index (χ0) is 15.5. The standard InChI is InChI=1S/C18H21N3O2/c1-2-9-21(8-1)17-7-6-14(11-20-17)10-19-12-15-4-3-5-16-18(15)23-13-22-16/h3-7,11,19H,1-2,8-10,12-13H2. The van der Waals surface area contributed by atoms with Crippen LogP contribution in [-0.2, 0) is 13.1 Å². The summed E-state index contributed by atoms with van der Waals surface area (Å²) in [4.78, 5) is 6.93. The molecule has 0 atom stereocenters. The van der Waals surface area contributed by atoms with E-state index in [2.05, 4.69) is 33.4 Å². The summed E-state index contributed by atoms with van der Waals surface area (Å²) in [7, 11) is 0. The minimum atomic E-state index is 0.314. The maximum Gasteiger partial charge on any atom is 0.231 e. The molecule has 2 aliphatic heterocycles. The summed E-state index contributed by atoms with van der Waals surface area (Å²) in [6.45, 7) is 4.12. The van der Waals surface area contributed by atoms with Crippen molar-refractivity contribution in [1.82, 2.24) is 10.3 Å². The number of nitrogens with zero attached hydrogens (tertiary/aromatic N) is 2. The van der Waals surface area contributed by atoms with Crippen LogP contribution in [0.15, 0.2) is 36.5 Å². The molecule has 0 unspecified atom stereocenters. The SMILES string of the molecule is c1cc(CNCc2ccc(N3CCCC3)nc2)c2c(c1)OCO2. The Bertz CT molecular complexity index is 666. The van der Waals surface area contributed by atoms with Gasteiger partial charge in [0.25, 0.3) is 0 Å². The van der Waals surface area contributed by atoms with Gasteiger partial charge in [-0.25, -0.2) is 4.98 Å². The molecule has 5 nitrogen and oxygen atoms in total. The Labute approximate surface area is 136 Å². The van der Waals surface area contributed by atoms with Crippen LogP contribution in [0.1, 0.15) is 24.0 Å². The van der Waals surface area contributed by atoms with E-state index in [9.17, 15) is 0 Å². The second-order valence-electron chi connectivity index (χ2n) is 5.97. The van der Waals surface area contributed by atoms with E-state index < -0.39 is 0 Å². The van der Waals surface area contributed by atoms with Crippen molar-refractivity contribution in [3.63, 3.8) is 0 Å². The van der Waals surface area contributed by atoms with Crippen LogP contribution < -0.4 is 19.7 Å². The highest BCUT2D eigenvalue weighted by atomic mass is 16.7. The van der Waals surface area contributed by atoms with Gasteiger partial charge in [0, 0.05) is 37.9 Å². The van der Waals surface area contributed by atoms with Crippen molar-refractivity contribution in [3.05, 3.63) is 47.7 Å². The largest absolute Gasteiger partial charge is 0.454 e. The third kappa shape index (κ3) is 3.10. The van der Waals surface area contributed by atoms with E-state index in [4.69, 9.17) is 9.47 Å². The van der Waals surface area contributed by atoms with Crippen LogP contribution in [0.4, 0.5) is 5.82 Å². The lowest BCUT2D eigenvalue weighted by Crippen LogP contribution is -2.19. The number of ether oxygens (including phenoxy) is 2. The number of pyridine rings is 1. The van der Waals surface area contributed by atoms with Gasteiger partial charge in [-0.2, -0.15) is 0 Å². The van der Waals surface area contributed by atoms with Gasteiger partial charge in [-0.1, -0.05) is 18.2 Å². The molecule has 5 heteroatoms. The average Bonchev–Trinajstić information content (AvgIpc) is 3.27. The molecule has 4 rings (SSSR count). The van der Waals surface area contributed by atoms with Gasteiger partial charge in [-0.3, -0.25) is 0 Å². The van der Waals surface area contributed by atoms with Gasteiger partial charge in [-0.15, -0.1) is 0 Å². The average molecular weight is 311 g/mol. The first-order chi connectivity index (χ1) is 11.4. The molecule has 1 fully saturated rings. The molecule has 1 aromatic heterocycles. The smallest absolute Gasteiger partial charge is 0.231 e. The Morgan fingerprint density at radius 1 is 1.04 bits per heavy atom. The molecule has 3 heterocycles. The van der Waals surface area contributed by atoms with E-state index in [1.54, 1.807) is 0 Å². The van der Waals surface area contributed by atoms with Gasteiger partial charge < -0.3 is 19.7 Å². The van der Waals surface area contributed by atoms with Gasteiger partial charge >= 0.3 is 0 Å². The zero-order valence-electron chi connectivity index (χ0n) is 13.1. The first-order valence-electron chi connectivity index (χ1n) is 8.18. The van der Waals surface area contributed by atoms with Crippen LogP contribution in [0, 0.1) is 0 Å². The van der Waals surface area contributed by atoms with Gasteiger partial charge in [-0.05, 0) is 30.5 Å². The predicted molar refractivity (Wildman–Crippen MR) is 88.8 cm³/mol. The molecule has 0 amide bonds. The number of hydrogen-bond acceptors (Lipinski definition) is 5. The molecule has 0 bridgehead atoms. The summed E-state index contributed by atoms with van der Waals surface area (Å²) in [5.74, 6) is 2.79. The van der Waals surface area contributed by atoms with Gasteiger partial charge in [0.15, 0.2) is 11.5 Å². The molecule has 0 radical (unpaired) electrons. The fraction of sp³-hybridized carbons (Fsp3) is 0.389. The van der Waals surface area contributed by atoms with Crippen LogP contribution in [-0.4, -0.2) is 24.9 Å². The van der Waals surface area contributed by atoms with Crippen LogP contribution >= 0.6 is 0 Å². The monoisotopic (exact) mass is 311 g/mol. The second-order valence-corrected chi connectivity index (χ2v) is 5.97. The van der Waals surface area contributed by atoms with E-state index in [1.807, 2.05) is 18.3 Å². The summed E-state index contributed by atoms with van der Waals surface area (Å²) in [6.07, 6.45) is 4.52. The maximum absolute atomic E-state index is 5.52. The molecule has 2 aromatic rings. The number of benzene rings is 1. The molecule has 1 N–H and O–H groups in total. The Hall–Kier alpha value is -2.27. The number of aromatic nitrogens is 1. The van der Waals surface area contributed by atoms with Crippen molar-refractivity contribution in [3.8, 4) is 11.5 Å². The maximum atomic E-state index is 5.52. The van der Waals surface area contributed by atoms with Crippen molar-refractivity contribution < 1.29 is 9.47 Å². The molecular formula is C18H21N3O2. The first-order valence-corrected chi connectivity index (χ1v) is 8.18. The number of hydrogen-bond donors (Lipinski definition) is 1. The Morgan fingerprint density at radius 3 is 2.78 bits per heavy atom. The van der Waals surface area contributed by atoms with Crippen LogP contribution in [0.2, 0.25) is 0 Å². The molecule has 0 saturated carbocycles.